The van der Waals surface area contributed by atoms with E-state index in [-0.39, 0.29) is 24.8 Å². The molecule has 0 nitrogen and oxygen atoms in total. The summed E-state index contributed by atoms with van der Waals surface area (Å²) in [5.41, 5.74) is 22.5. The van der Waals surface area contributed by atoms with Gasteiger partial charge in [0.05, 0.1) is 0 Å². The van der Waals surface area contributed by atoms with Gasteiger partial charge in [0.2, 0.25) is 0 Å². The first kappa shape index (κ1) is 39.6. The second-order valence-corrected chi connectivity index (χ2v) is 17.7. The molecule has 2 aliphatic rings. The average Bonchev–Trinajstić information content (AvgIpc) is 3.90. The van der Waals surface area contributed by atoms with Gasteiger partial charge in [0.15, 0.2) is 0 Å². The largest absolute Gasteiger partial charge is 1.00 e. The standard InChI is InChI=1S/C40H33.C13H10.2ClH.Zr/c1-3-27-24-32-26-35-36(29-22-14-15-23-29)33(4-2)37(30-18-10-6-11-19-30)39(31-20-12-7-13-21-31)40(35)38(32)34(25-27)28-16-8-5-9-17-28;1-3-7-12(8-4-1)11-13-9-5-2-6-10-13;;;/h5-22,24-26H,3-4,23H2,1-2H3;1-10H;2*1H;/q;;;;+2/p-2. The molecule has 2 aliphatic carbocycles. The van der Waals surface area contributed by atoms with Crippen LogP contribution in [0.3, 0.4) is 0 Å². The number of aryl methyl sites for hydroxylation is 1. The first-order valence-corrected chi connectivity index (χ1v) is 22.1. The molecular formula is C53H43Cl2Zr. The zero-order valence-electron chi connectivity index (χ0n) is 31.8. The van der Waals surface area contributed by atoms with Crippen molar-refractivity contribution in [1.29, 1.82) is 0 Å². The molecule has 1 unspecified atom stereocenters. The topological polar surface area (TPSA) is 0 Å². The fourth-order valence-corrected chi connectivity index (χ4v) is 13.2. The second-order valence-electron chi connectivity index (χ2n) is 14.3. The number of rotatable bonds is 9. The third kappa shape index (κ3) is 7.23. The molecule has 0 N–H and O–H groups in total. The Morgan fingerprint density at radius 3 is 1.55 bits per heavy atom. The van der Waals surface area contributed by atoms with Crippen molar-refractivity contribution < 1.29 is 47.6 Å². The van der Waals surface area contributed by atoms with Gasteiger partial charge in [0, 0.05) is 0 Å². The smallest absolute Gasteiger partial charge is 1.00 e. The molecule has 0 heterocycles. The predicted molar refractivity (Wildman–Crippen MR) is 227 cm³/mol. The van der Waals surface area contributed by atoms with E-state index in [4.69, 9.17) is 0 Å². The van der Waals surface area contributed by atoms with Crippen molar-refractivity contribution in [3.05, 3.63) is 221 Å². The van der Waals surface area contributed by atoms with Crippen molar-refractivity contribution in [2.24, 2.45) is 0 Å². The van der Waals surface area contributed by atoms with Gasteiger partial charge in [0.25, 0.3) is 0 Å². The summed E-state index contributed by atoms with van der Waals surface area (Å²) >= 11 is -1.43. The van der Waals surface area contributed by atoms with Crippen molar-refractivity contribution in [1.82, 2.24) is 0 Å². The molecule has 0 aromatic heterocycles. The molecule has 7 aromatic carbocycles. The van der Waals surface area contributed by atoms with Gasteiger partial charge in [-0.3, -0.25) is 0 Å². The van der Waals surface area contributed by atoms with Crippen LogP contribution in [0, 0.1) is 0 Å². The Morgan fingerprint density at radius 2 is 1.05 bits per heavy atom. The Bertz CT molecular complexity index is 2510. The van der Waals surface area contributed by atoms with Gasteiger partial charge >= 0.3 is 334 Å². The third-order valence-corrected chi connectivity index (χ3v) is 15.5. The summed E-state index contributed by atoms with van der Waals surface area (Å²) < 4.78 is 1.87. The van der Waals surface area contributed by atoms with Crippen molar-refractivity contribution in [3.8, 4) is 44.5 Å². The monoisotopic (exact) mass is 839 g/mol. The molecule has 0 saturated heterocycles. The quantitative estimate of drug-likeness (QED) is 0.141. The Hall–Kier alpha value is -4.65. The molecule has 56 heavy (non-hydrogen) atoms. The molecule has 1 atom stereocenters. The number of fused-ring (bicyclic) bond motifs is 3. The van der Waals surface area contributed by atoms with E-state index in [0.29, 0.717) is 3.63 Å². The molecular weight excluding hydrogens is 799 g/mol. The van der Waals surface area contributed by atoms with E-state index in [2.05, 4.69) is 196 Å². The van der Waals surface area contributed by atoms with E-state index >= 15 is 0 Å². The Labute approximate surface area is 355 Å². The first-order chi connectivity index (χ1) is 26.7. The molecule has 0 bridgehead atoms. The van der Waals surface area contributed by atoms with E-state index in [1.54, 1.807) is 8.77 Å². The molecule has 0 fully saturated rings. The van der Waals surface area contributed by atoms with Crippen LogP contribution >= 0.6 is 0 Å². The maximum absolute atomic E-state index is 2.61. The molecule has 0 amide bonds. The summed E-state index contributed by atoms with van der Waals surface area (Å²) in [6, 6.07) is 61.3. The fraction of sp³-hybridized carbons (Fsp3) is 0.113. The molecule has 0 saturated carbocycles. The van der Waals surface area contributed by atoms with Gasteiger partial charge in [-0.15, -0.1) is 0 Å². The number of benzene rings is 7. The van der Waals surface area contributed by atoms with Crippen LogP contribution in [0.25, 0.3) is 50.1 Å². The SMILES string of the molecule is CCc1cc(-c2ccccc2)c2c(c1)[CH]([Zr+2]=[C](c1ccccc1)c1ccccc1)c1c(C3=CC=CC3)c(CC)c(-c3ccccc3)c(-c3ccccc3)c1-2.[Cl-].[Cl-]. The summed E-state index contributed by atoms with van der Waals surface area (Å²) in [6.07, 6.45) is 9.96. The van der Waals surface area contributed by atoms with Crippen LogP contribution in [0.15, 0.2) is 182 Å². The third-order valence-electron chi connectivity index (χ3n) is 11.2. The van der Waals surface area contributed by atoms with Gasteiger partial charge in [-0.05, 0) is 0 Å². The molecule has 0 spiro atoms. The minimum atomic E-state index is -1.43. The van der Waals surface area contributed by atoms with Crippen LogP contribution in [0.2, 0.25) is 0 Å². The normalized spacial score (nSPS) is 13.5. The van der Waals surface area contributed by atoms with Gasteiger partial charge in [0.1, 0.15) is 0 Å². The molecule has 3 heteroatoms. The van der Waals surface area contributed by atoms with Gasteiger partial charge in [-0.2, -0.15) is 0 Å². The summed E-state index contributed by atoms with van der Waals surface area (Å²) in [7, 11) is 0. The molecule has 9 rings (SSSR count). The Kier molecular flexibility index (Phi) is 12.5. The van der Waals surface area contributed by atoms with Crippen molar-refractivity contribution in [2.45, 2.75) is 36.7 Å². The Morgan fingerprint density at radius 1 is 0.536 bits per heavy atom. The van der Waals surface area contributed by atoms with Crippen LogP contribution in [0.1, 0.15) is 62.8 Å². The number of halogens is 2. The molecule has 0 aliphatic heterocycles. The van der Waals surface area contributed by atoms with E-state index in [9.17, 15) is 0 Å². The molecule has 7 aromatic rings. The van der Waals surface area contributed by atoms with Crippen molar-refractivity contribution in [2.75, 3.05) is 0 Å². The van der Waals surface area contributed by atoms with E-state index in [1.807, 2.05) is 0 Å². The first-order valence-electron chi connectivity index (χ1n) is 19.4. The van der Waals surface area contributed by atoms with Crippen LogP contribution in [0.5, 0.6) is 0 Å². The summed E-state index contributed by atoms with van der Waals surface area (Å²) in [6.45, 7) is 4.69. The number of hydrogen-bond acceptors (Lipinski definition) is 0. The van der Waals surface area contributed by atoms with Gasteiger partial charge < -0.3 is 24.8 Å². The van der Waals surface area contributed by atoms with Crippen LogP contribution in [-0.2, 0) is 35.6 Å². The minimum absolute atomic E-state index is 0. The van der Waals surface area contributed by atoms with E-state index in [1.165, 1.54) is 83.5 Å². The zero-order valence-corrected chi connectivity index (χ0v) is 35.7. The molecule has 0 radical (unpaired) electrons. The van der Waals surface area contributed by atoms with Crippen LogP contribution < -0.4 is 24.8 Å². The zero-order chi connectivity index (χ0) is 36.4. The van der Waals surface area contributed by atoms with Crippen molar-refractivity contribution >= 4 is 8.78 Å². The van der Waals surface area contributed by atoms with E-state index < -0.39 is 22.8 Å². The predicted octanol–water partition coefficient (Wildman–Crippen LogP) is 7.59. The molecule has 273 valence electrons. The number of allylic oxidation sites excluding steroid dienone is 4. The second kappa shape index (κ2) is 17.7. The van der Waals surface area contributed by atoms with Crippen LogP contribution in [-0.4, -0.2) is 3.21 Å². The average molecular weight is 842 g/mol. The van der Waals surface area contributed by atoms with E-state index in [0.717, 1.165) is 19.3 Å². The summed E-state index contributed by atoms with van der Waals surface area (Å²) in [4.78, 5) is 0. The number of hydrogen-bond donors (Lipinski definition) is 0. The van der Waals surface area contributed by atoms with Crippen LogP contribution in [0.4, 0.5) is 0 Å². The Balaban J connectivity index is 0.00000240. The minimum Gasteiger partial charge on any atom is -1.00 e. The maximum atomic E-state index is 2.61. The van der Waals surface area contributed by atoms with Gasteiger partial charge in [-0.25, -0.2) is 0 Å². The summed E-state index contributed by atoms with van der Waals surface area (Å²) in [5.74, 6) is 0. The fourth-order valence-electron chi connectivity index (χ4n) is 8.82. The van der Waals surface area contributed by atoms with Gasteiger partial charge in [-0.1, -0.05) is 0 Å². The van der Waals surface area contributed by atoms with Crippen molar-refractivity contribution in [3.63, 3.8) is 0 Å². The summed E-state index contributed by atoms with van der Waals surface area (Å²) in [5, 5.41) is 0. The maximum Gasteiger partial charge on any atom is -1.00 e.